The number of rotatable bonds is 4. The van der Waals surface area contributed by atoms with E-state index in [1.807, 2.05) is 0 Å². The summed E-state index contributed by atoms with van der Waals surface area (Å²) >= 11 is 0.452. The number of hydrogen-bond acceptors (Lipinski definition) is 3. The molecule has 25 heavy (non-hydrogen) atoms. The first-order chi connectivity index (χ1) is 11.5. The molecular weight excluding hydrogens is 375 g/mol. The van der Waals surface area contributed by atoms with Crippen LogP contribution in [0.2, 0.25) is 0 Å². The topological polar surface area (TPSA) is 22.1 Å². The first-order valence-electron chi connectivity index (χ1n) is 6.66. The lowest BCUT2D eigenvalue weighted by Crippen LogP contribution is -2.10. The zero-order valence-corrected chi connectivity index (χ0v) is 13.3. The number of nitrogens with zero attached hydrogens (tertiary/aromatic N) is 1. The molecule has 1 aromatic carbocycles. The van der Waals surface area contributed by atoms with E-state index in [4.69, 9.17) is 4.74 Å². The molecule has 136 valence electrons. The monoisotopic (exact) mass is 385 g/mol. The summed E-state index contributed by atoms with van der Waals surface area (Å²) in [7, 11) is 0. The van der Waals surface area contributed by atoms with E-state index in [1.165, 1.54) is 6.92 Å². The molecule has 2 aromatic rings. The maximum absolute atomic E-state index is 13.9. The van der Waals surface area contributed by atoms with Gasteiger partial charge in [-0.3, -0.25) is 0 Å². The SMILES string of the molecule is Cc1cc(F)c(Oc2ccc(C(F)(F)F)cn2)cc1SCC(F)(F)F. The van der Waals surface area contributed by atoms with Gasteiger partial charge in [0.15, 0.2) is 11.6 Å². The van der Waals surface area contributed by atoms with Crippen molar-refractivity contribution in [3.8, 4) is 11.6 Å². The summed E-state index contributed by atoms with van der Waals surface area (Å²) in [6.45, 7) is 1.43. The summed E-state index contributed by atoms with van der Waals surface area (Å²) in [6.07, 6.45) is -8.47. The van der Waals surface area contributed by atoms with Gasteiger partial charge in [-0.05, 0) is 30.7 Å². The molecule has 0 atom stereocenters. The van der Waals surface area contributed by atoms with E-state index >= 15 is 0 Å². The second kappa shape index (κ2) is 7.11. The molecule has 0 saturated carbocycles. The van der Waals surface area contributed by atoms with Gasteiger partial charge in [0, 0.05) is 17.2 Å². The van der Waals surface area contributed by atoms with E-state index in [1.54, 1.807) is 0 Å². The van der Waals surface area contributed by atoms with Gasteiger partial charge in [0.05, 0.1) is 11.3 Å². The third kappa shape index (κ3) is 5.52. The number of alkyl halides is 6. The predicted molar refractivity (Wildman–Crippen MR) is 77.2 cm³/mol. The molecular formula is C15H10F7NOS. The molecule has 0 N–H and O–H groups in total. The molecule has 0 aliphatic carbocycles. The standard InChI is InChI=1S/C15H10F7NOS/c1-8-4-10(16)11(5-12(8)25-7-14(17,18)19)24-13-3-2-9(6-23-13)15(20,21)22/h2-6H,7H2,1H3. The zero-order valence-electron chi connectivity index (χ0n) is 12.5. The van der Waals surface area contributed by atoms with E-state index in [0.717, 1.165) is 18.2 Å². The van der Waals surface area contributed by atoms with Crippen molar-refractivity contribution in [3.05, 3.63) is 47.4 Å². The van der Waals surface area contributed by atoms with Crippen LogP contribution in [0, 0.1) is 12.7 Å². The minimum Gasteiger partial charge on any atom is -0.436 e. The lowest BCUT2D eigenvalue weighted by molar-refractivity contribution is -0.137. The van der Waals surface area contributed by atoms with Crippen LogP contribution in [0.15, 0.2) is 35.4 Å². The Morgan fingerprint density at radius 1 is 1.08 bits per heavy atom. The minimum absolute atomic E-state index is 0.139. The Kier molecular flexibility index (Phi) is 5.50. The highest BCUT2D eigenvalue weighted by molar-refractivity contribution is 7.99. The van der Waals surface area contributed by atoms with Gasteiger partial charge in [0.1, 0.15) is 0 Å². The molecule has 0 unspecified atom stereocenters. The predicted octanol–water partition coefficient (Wildman–Crippen LogP) is 5.99. The van der Waals surface area contributed by atoms with Crippen LogP contribution in [0.3, 0.4) is 0 Å². The summed E-state index contributed by atoms with van der Waals surface area (Å²) in [4.78, 5) is 3.56. The van der Waals surface area contributed by atoms with Gasteiger partial charge in [-0.25, -0.2) is 9.37 Å². The average molecular weight is 385 g/mol. The zero-order chi connectivity index (χ0) is 18.8. The van der Waals surface area contributed by atoms with Crippen molar-refractivity contribution in [2.24, 2.45) is 0 Å². The lowest BCUT2D eigenvalue weighted by Gasteiger charge is -2.12. The van der Waals surface area contributed by atoms with Crippen LogP contribution in [0.1, 0.15) is 11.1 Å². The van der Waals surface area contributed by atoms with Crippen molar-refractivity contribution in [1.82, 2.24) is 4.98 Å². The molecule has 0 spiro atoms. The van der Waals surface area contributed by atoms with E-state index in [0.29, 0.717) is 24.0 Å². The molecule has 1 heterocycles. The van der Waals surface area contributed by atoms with Crippen LogP contribution in [0.25, 0.3) is 0 Å². The molecule has 0 radical (unpaired) electrons. The molecule has 0 amide bonds. The van der Waals surface area contributed by atoms with Crippen LogP contribution < -0.4 is 4.74 Å². The van der Waals surface area contributed by atoms with Gasteiger partial charge in [0.25, 0.3) is 0 Å². The van der Waals surface area contributed by atoms with Crippen LogP contribution in [0.5, 0.6) is 11.6 Å². The summed E-state index contributed by atoms with van der Waals surface area (Å²) in [5, 5.41) is 0. The van der Waals surface area contributed by atoms with E-state index in [-0.39, 0.29) is 16.3 Å². The Balaban J connectivity index is 2.21. The number of thioether (sulfide) groups is 1. The van der Waals surface area contributed by atoms with Crippen LogP contribution in [0.4, 0.5) is 30.7 Å². The van der Waals surface area contributed by atoms with Crippen molar-refractivity contribution in [3.63, 3.8) is 0 Å². The average Bonchev–Trinajstić information content (AvgIpc) is 2.47. The Morgan fingerprint density at radius 2 is 1.76 bits per heavy atom. The Bertz CT molecular complexity index is 741. The van der Waals surface area contributed by atoms with Crippen molar-refractivity contribution in [2.75, 3.05) is 5.75 Å². The van der Waals surface area contributed by atoms with Gasteiger partial charge >= 0.3 is 12.4 Å². The van der Waals surface area contributed by atoms with Gasteiger partial charge in [-0.2, -0.15) is 26.3 Å². The summed E-state index contributed by atoms with van der Waals surface area (Å²) < 4.78 is 93.2. The summed E-state index contributed by atoms with van der Waals surface area (Å²) in [5.41, 5.74) is -0.731. The lowest BCUT2D eigenvalue weighted by atomic mass is 10.2. The third-order valence-electron chi connectivity index (χ3n) is 2.90. The second-order valence-electron chi connectivity index (χ2n) is 4.94. The number of benzene rings is 1. The maximum atomic E-state index is 13.9. The molecule has 2 nitrogen and oxygen atoms in total. The molecule has 10 heteroatoms. The van der Waals surface area contributed by atoms with Crippen molar-refractivity contribution >= 4 is 11.8 Å². The molecule has 0 aliphatic heterocycles. The number of aromatic nitrogens is 1. The van der Waals surface area contributed by atoms with Gasteiger partial charge < -0.3 is 4.74 Å². The van der Waals surface area contributed by atoms with E-state index in [2.05, 4.69) is 4.98 Å². The van der Waals surface area contributed by atoms with E-state index < -0.39 is 35.2 Å². The highest BCUT2D eigenvalue weighted by Crippen LogP contribution is 2.35. The Labute approximate surface area is 142 Å². The Morgan fingerprint density at radius 3 is 2.28 bits per heavy atom. The minimum atomic E-state index is -4.58. The Hall–Kier alpha value is -1.97. The molecule has 0 bridgehead atoms. The highest BCUT2D eigenvalue weighted by Gasteiger charge is 2.31. The molecule has 2 rings (SSSR count). The summed E-state index contributed by atoms with van der Waals surface area (Å²) in [5.74, 6) is -2.78. The second-order valence-corrected chi connectivity index (χ2v) is 5.95. The maximum Gasteiger partial charge on any atom is 0.417 e. The highest BCUT2D eigenvalue weighted by atomic mass is 32.2. The molecule has 0 saturated heterocycles. The smallest absolute Gasteiger partial charge is 0.417 e. The van der Waals surface area contributed by atoms with Crippen LogP contribution >= 0.6 is 11.8 Å². The first kappa shape index (κ1) is 19.4. The van der Waals surface area contributed by atoms with Crippen molar-refractivity contribution in [1.29, 1.82) is 0 Å². The number of hydrogen-bond donors (Lipinski definition) is 0. The third-order valence-corrected chi connectivity index (χ3v) is 4.12. The largest absolute Gasteiger partial charge is 0.436 e. The molecule has 0 fully saturated rings. The van der Waals surface area contributed by atoms with Crippen LogP contribution in [-0.4, -0.2) is 16.9 Å². The van der Waals surface area contributed by atoms with Crippen molar-refractivity contribution < 1.29 is 35.5 Å². The number of aryl methyl sites for hydroxylation is 1. The molecule has 0 aliphatic rings. The fourth-order valence-corrected chi connectivity index (χ4v) is 2.54. The fraction of sp³-hybridized carbons (Fsp3) is 0.267. The van der Waals surface area contributed by atoms with Gasteiger partial charge in [-0.1, -0.05) is 0 Å². The van der Waals surface area contributed by atoms with Crippen molar-refractivity contribution in [2.45, 2.75) is 24.2 Å². The first-order valence-corrected chi connectivity index (χ1v) is 7.65. The normalized spacial score (nSPS) is 12.3. The van der Waals surface area contributed by atoms with Gasteiger partial charge in [0.2, 0.25) is 5.88 Å². The number of ether oxygens (including phenoxy) is 1. The fourth-order valence-electron chi connectivity index (χ4n) is 1.75. The van der Waals surface area contributed by atoms with Crippen LogP contribution in [-0.2, 0) is 6.18 Å². The summed E-state index contributed by atoms with van der Waals surface area (Å²) in [6, 6.07) is 3.64. The van der Waals surface area contributed by atoms with E-state index in [9.17, 15) is 30.7 Å². The molecule has 1 aromatic heterocycles. The number of halogens is 7. The van der Waals surface area contributed by atoms with Gasteiger partial charge in [-0.15, -0.1) is 11.8 Å². The number of pyridine rings is 1. The quantitative estimate of drug-likeness (QED) is 0.476.